The van der Waals surface area contributed by atoms with Gasteiger partial charge in [0.15, 0.2) is 11.5 Å². The maximum absolute atomic E-state index is 8.76. The van der Waals surface area contributed by atoms with E-state index in [0.29, 0.717) is 28.6 Å². The quantitative estimate of drug-likeness (QED) is 0.834. The Bertz CT molecular complexity index is 605. The number of benzene rings is 1. The van der Waals surface area contributed by atoms with Crippen LogP contribution in [0.25, 0.3) is 0 Å². The van der Waals surface area contributed by atoms with Gasteiger partial charge in [-0.1, -0.05) is 0 Å². The zero-order valence-electron chi connectivity index (χ0n) is 9.75. The van der Waals surface area contributed by atoms with Crippen LogP contribution in [0.5, 0.6) is 17.2 Å². The van der Waals surface area contributed by atoms with Gasteiger partial charge < -0.3 is 15.2 Å². The Hall–Kier alpha value is -2.74. The van der Waals surface area contributed by atoms with E-state index in [9.17, 15) is 0 Å². The fraction of sp³-hybridized carbons (Fsp3) is 0.0769. The first kappa shape index (κ1) is 11.7. The number of nitriles is 1. The van der Waals surface area contributed by atoms with Crippen molar-refractivity contribution in [3.8, 4) is 23.3 Å². The van der Waals surface area contributed by atoms with Gasteiger partial charge in [-0.2, -0.15) is 5.26 Å². The molecule has 0 aliphatic rings. The van der Waals surface area contributed by atoms with Crippen LogP contribution in [0.4, 0.5) is 5.69 Å². The van der Waals surface area contributed by atoms with Crippen LogP contribution in [0.1, 0.15) is 5.69 Å². The van der Waals surface area contributed by atoms with Crippen LogP contribution in [0.15, 0.2) is 36.5 Å². The van der Waals surface area contributed by atoms with Crippen molar-refractivity contribution in [2.75, 3.05) is 12.8 Å². The largest absolute Gasteiger partial charge is 0.493 e. The summed E-state index contributed by atoms with van der Waals surface area (Å²) in [5, 5.41) is 8.76. The van der Waals surface area contributed by atoms with Crippen LogP contribution in [-0.2, 0) is 0 Å². The van der Waals surface area contributed by atoms with Crippen LogP contribution in [0, 0.1) is 11.3 Å². The molecule has 0 atom stereocenters. The number of ether oxygens (including phenoxy) is 2. The summed E-state index contributed by atoms with van der Waals surface area (Å²) >= 11 is 0. The van der Waals surface area contributed by atoms with Crippen LogP contribution < -0.4 is 15.2 Å². The summed E-state index contributed by atoms with van der Waals surface area (Å²) in [6.07, 6.45) is 1.51. The van der Waals surface area contributed by atoms with Gasteiger partial charge in [-0.05, 0) is 18.2 Å². The van der Waals surface area contributed by atoms with Crippen LogP contribution in [0.2, 0.25) is 0 Å². The maximum Gasteiger partial charge on any atom is 0.169 e. The fourth-order valence-electron chi connectivity index (χ4n) is 1.43. The lowest BCUT2D eigenvalue weighted by Crippen LogP contribution is -1.93. The molecular weight excluding hydrogens is 230 g/mol. The Morgan fingerprint density at radius 2 is 2.06 bits per heavy atom. The van der Waals surface area contributed by atoms with Crippen molar-refractivity contribution < 1.29 is 9.47 Å². The third-order valence-electron chi connectivity index (χ3n) is 2.26. The van der Waals surface area contributed by atoms with E-state index in [-0.39, 0.29) is 0 Å². The van der Waals surface area contributed by atoms with Crippen molar-refractivity contribution in [3.63, 3.8) is 0 Å². The molecule has 1 aromatic carbocycles. The van der Waals surface area contributed by atoms with Crippen molar-refractivity contribution in [3.05, 3.63) is 42.2 Å². The van der Waals surface area contributed by atoms with Gasteiger partial charge in [0.1, 0.15) is 17.5 Å². The summed E-state index contributed by atoms with van der Waals surface area (Å²) in [6.45, 7) is 0. The number of hydrogen-bond donors (Lipinski definition) is 1. The van der Waals surface area contributed by atoms with Crippen molar-refractivity contribution >= 4 is 5.69 Å². The number of rotatable bonds is 3. The molecule has 0 unspecified atom stereocenters. The molecule has 0 amide bonds. The van der Waals surface area contributed by atoms with Crippen molar-refractivity contribution in [1.82, 2.24) is 4.98 Å². The lowest BCUT2D eigenvalue weighted by atomic mass is 10.3. The molecule has 0 radical (unpaired) electrons. The standard InChI is InChI=1S/C13H11N3O2/c1-17-13-6-9(15)2-3-12(13)18-11-4-5-16-10(7-11)8-14/h2-7H,15H2,1H3. The average Bonchev–Trinajstić information content (AvgIpc) is 2.41. The molecule has 5 nitrogen and oxygen atoms in total. The van der Waals surface area contributed by atoms with Gasteiger partial charge in [-0.15, -0.1) is 0 Å². The van der Waals surface area contributed by atoms with Crippen LogP contribution in [-0.4, -0.2) is 12.1 Å². The molecule has 0 saturated carbocycles. The highest BCUT2D eigenvalue weighted by atomic mass is 16.5. The number of nitrogens with two attached hydrogens (primary N) is 1. The van der Waals surface area contributed by atoms with Gasteiger partial charge in [0.05, 0.1) is 7.11 Å². The van der Waals surface area contributed by atoms with E-state index in [1.165, 1.54) is 13.3 Å². The zero-order chi connectivity index (χ0) is 13.0. The average molecular weight is 241 g/mol. The molecule has 1 aromatic heterocycles. The molecule has 5 heteroatoms. The normalized spacial score (nSPS) is 9.56. The van der Waals surface area contributed by atoms with E-state index >= 15 is 0 Å². The predicted octanol–water partition coefficient (Wildman–Crippen LogP) is 2.34. The minimum absolute atomic E-state index is 0.293. The summed E-state index contributed by atoms with van der Waals surface area (Å²) in [7, 11) is 1.54. The second-order valence-corrected chi connectivity index (χ2v) is 3.50. The lowest BCUT2D eigenvalue weighted by Gasteiger charge is -2.10. The van der Waals surface area contributed by atoms with Gasteiger partial charge in [-0.25, -0.2) is 4.98 Å². The molecule has 2 N–H and O–H groups in total. The number of anilines is 1. The first-order valence-electron chi connectivity index (χ1n) is 5.20. The van der Waals surface area contributed by atoms with E-state index in [1.807, 2.05) is 6.07 Å². The SMILES string of the molecule is COc1cc(N)ccc1Oc1ccnc(C#N)c1. The minimum Gasteiger partial charge on any atom is -0.493 e. The molecular formula is C13H11N3O2. The molecule has 90 valence electrons. The second kappa shape index (κ2) is 5.06. The second-order valence-electron chi connectivity index (χ2n) is 3.50. The van der Waals surface area contributed by atoms with Gasteiger partial charge in [-0.3, -0.25) is 0 Å². The van der Waals surface area contributed by atoms with E-state index < -0.39 is 0 Å². The first-order valence-corrected chi connectivity index (χ1v) is 5.20. The Labute approximate surface area is 104 Å². The molecule has 0 aliphatic heterocycles. The maximum atomic E-state index is 8.76. The molecule has 2 rings (SSSR count). The summed E-state index contributed by atoms with van der Waals surface area (Å²) in [5.41, 5.74) is 6.54. The van der Waals surface area contributed by atoms with Crippen LogP contribution in [0.3, 0.4) is 0 Å². The Morgan fingerprint density at radius 3 is 2.78 bits per heavy atom. The highest BCUT2D eigenvalue weighted by Crippen LogP contribution is 2.32. The third-order valence-corrected chi connectivity index (χ3v) is 2.26. The van der Waals surface area contributed by atoms with Gasteiger partial charge in [0.2, 0.25) is 0 Å². The third kappa shape index (κ3) is 2.50. The van der Waals surface area contributed by atoms with Gasteiger partial charge in [0.25, 0.3) is 0 Å². The topological polar surface area (TPSA) is 81.2 Å². The summed E-state index contributed by atoms with van der Waals surface area (Å²) in [5.74, 6) is 1.58. The van der Waals surface area contributed by atoms with E-state index in [4.69, 9.17) is 20.5 Å². The molecule has 1 heterocycles. The lowest BCUT2D eigenvalue weighted by molar-refractivity contribution is 0.379. The number of pyridine rings is 1. The Balaban J connectivity index is 2.31. The number of aromatic nitrogens is 1. The van der Waals surface area contributed by atoms with Gasteiger partial charge >= 0.3 is 0 Å². The summed E-state index contributed by atoms with van der Waals surface area (Å²) < 4.78 is 10.8. The summed E-state index contributed by atoms with van der Waals surface area (Å²) in [4.78, 5) is 3.86. The first-order chi connectivity index (χ1) is 8.72. The fourth-order valence-corrected chi connectivity index (χ4v) is 1.43. The predicted molar refractivity (Wildman–Crippen MR) is 66.4 cm³/mol. The van der Waals surface area contributed by atoms with Crippen molar-refractivity contribution in [2.24, 2.45) is 0 Å². The Kier molecular flexibility index (Phi) is 3.30. The van der Waals surface area contributed by atoms with Gasteiger partial charge in [0, 0.05) is 24.0 Å². The van der Waals surface area contributed by atoms with E-state index in [1.54, 1.807) is 30.3 Å². The number of nitrogens with zero attached hydrogens (tertiary/aromatic N) is 2. The van der Waals surface area contributed by atoms with Crippen molar-refractivity contribution in [1.29, 1.82) is 5.26 Å². The monoisotopic (exact) mass is 241 g/mol. The van der Waals surface area contributed by atoms with Crippen molar-refractivity contribution in [2.45, 2.75) is 0 Å². The molecule has 0 aliphatic carbocycles. The highest BCUT2D eigenvalue weighted by molar-refractivity contribution is 5.53. The molecule has 18 heavy (non-hydrogen) atoms. The minimum atomic E-state index is 0.293. The number of nitrogen functional groups attached to an aromatic ring is 1. The summed E-state index contributed by atoms with van der Waals surface area (Å²) in [6, 6.07) is 10.3. The Morgan fingerprint density at radius 1 is 1.22 bits per heavy atom. The number of hydrogen-bond acceptors (Lipinski definition) is 5. The van der Waals surface area contributed by atoms with E-state index in [0.717, 1.165) is 0 Å². The highest BCUT2D eigenvalue weighted by Gasteiger charge is 2.06. The molecule has 0 fully saturated rings. The molecule has 2 aromatic rings. The zero-order valence-corrected chi connectivity index (χ0v) is 9.75. The molecule has 0 saturated heterocycles. The van der Waals surface area contributed by atoms with Crippen LogP contribution >= 0.6 is 0 Å². The number of methoxy groups -OCH3 is 1. The smallest absolute Gasteiger partial charge is 0.169 e. The van der Waals surface area contributed by atoms with E-state index in [2.05, 4.69) is 4.98 Å². The molecule has 0 bridgehead atoms. The molecule has 0 spiro atoms.